The zero-order chi connectivity index (χ0) is 27.3. The smallest absolute Gasteiger partial charge is 0.337 e. The van der Waals surface area contributed by atoms with Crippen LogP contribution in [0.3, 0.4) is 0 Å². The number of piperazine rings is 1. The van der Waals surface area contributed by atoms with Gasteiger partial charge in [0, 0.05) is 32.4 Å². The average Bonchev–Trinajstić information content (AvgIpc) is 3.42. The van der Waals surface area contributed by atoms with Crippen LogP contribution in [0.25, 0.3) is 0 Å². The molecule has 10 heteroatoms. The molecular weight excluding hydrogens is 504 g/mol. The van der Waals surface area contributed by atoms with Crippen LogP contribution in [0.1, 0.15) is 53.9 Å². The topological polar surface area (TPSA) is 120 Å². The number of carbonyl (C=O) groups is 2. The molecule has 2 heterocycles. The van der Waals surface area contributed by atoms with Gasteiger partial charge in [-0.25, -0.2) is 18.2 Å². The van der Waals surface area contributed by atoms with Crippen molar-refractivity contribution in [1.29, 1.82) is 0 Å². The number of hydrogen-bond acceptors (Lipinski definition) is 7. The first-order valence-electron chi connectivity index (χ1n) is 13.1. The molecule has 4 rings (SSSR count). The molecule has 2 fully saturated rings. The molecule has 1 aromatic carbocycles. The van der Waals surface area contributed by atoms with Crippen molar-refractivity contribution in [3.63, 3.8) is 0 Å². The highest BCUT2D eigenvalue weighted by Crippen LogP contribution is 2.35. The maximum absolute atomic E-state index is 13.5. The maximum atomic E-state index is 13.5. The maximum Gasteiger partial charge on any atom is 0.337 e. The van der Waals surface area contributed by atoms with Crippen molar-refractivity contribution in [2.75, 3.05) is 38.5 Å². The van der Waals surface area contributed by atoms with Gasteiger partial charge in [0.25, 0.3) is 0 Å². The normalized spacial score (nSPS) is 19.1. The van der Waals surface area contributed by atoms with Crippen molar-refractivity contribution in [3.8, 4) is 0 Å². The molecule has 0 radical (unpaired) electrons. The molecular formula is C28H36N4O5S. The minimum atomic E-state index is -3.68. The van der Waals surface area contributed by atoms with Gasteiger partial charge in [0.1, 0.15) is 11.2 Å². The molecule has 1 aromatic heterocycles. The van der Waals surface area contributed by atoms with E-state index in [1.165, 1.54) is 24.4 Å². The Morgan fingerprint density at radius 1 is 1.11 bits per heavy atom. The monoisotopic (exact) mass is 540 g/mol. The zero-order valence-electron chi connectivity index (χ0n) is 21.8. The Labute approximate surface area is 224 Å². The van der Waals surface area contributed by atoms with Gasteiger partial charge in [-0.3, -0.25) is 9.69 Å². The van der Waals surface area contributed by atoms with E-state index in [-0.39, 0.29) is 22.2 Å². The number of benzene rings is 1. The van der Waals surface area contributed by atoms with E-state index in [4.69, 9.17) is 5.11 Å². The van der Waals surface area contributed by atoms with Crippen molar-refractivity contribution in [1.82, 2.24) is 14.8 Å². The molecule has 9 nitrogen and oxygen atoms in total. The number of carboxylic acid groups (broad SMARTS) is 1. The van der Waals surface area contributed by atoms with Gasteiger partial charge >= 0.3 is 5.97 Å². The van der Waals surface area contributed by atoms with Gasteiger partial charge in [0.05, 0.1) is 16.4 Å². The Morgan fingerprint density at radius 2 is 1.76 bits per heavy atom. The lowest BCUT2D eigenvalue weighted by atomic mass is 9.87. The van der Waals surface area contributed by atoms with Gasteiger partial charge in [0.2, 0.25) is 5.91 Å². The number of nitrogens with zero attached hydrogens (tertiary/aromatic N) is 3. The number of carbonyl (C=O) groups excluding carboxylic acids is 1. The number of aromatic nitrogens is 1. The molecule has 0 spiro atoms. The molecule has 1 aliphatic carbocycles. The van der Waals surface area contributed by atoms with Gasteiger partial charge in [-0.1, -0.05) is 43.9 Å². The van der Waals surface area contributed by atoms with Crippen molar-refractivity contribution < 1.29 is 23.1 Å². The van der Waals surface area contributed by atoms with Gasteiger partial charge in [-0.05, 0) is 49.2 Å². The lowest BCUT2D eigenvalue weighted by Gasteiger charge is -2.36. The number of pyridine rings is 1. The van der Waals surface area contributed by atoms with Crippen molar-refractivity contribution in [2.24, 2.45) is 5.92 Å². The van der Waals surface area contributed by atoms with Crippen LogP contribution in [0.2, 0.25) is 0 Å². The Balaban J connectivity index is 1.54. The Kier molecular flexibility index (Phi) is 8.96. The second kappa shape index (κ2) is 12.2. The Hall–Kier alpha value is -3.08. The molecule has 2 N–H and O–H groups in total. The molecule has 38 heavy (non-hydrogen) atoms. The van der Waals surface area contributed by atoms with Gasteiger partial charge in [0.15, 0.2) is 9.84 Å². The number of rotatable bonds is 10. The highest BCUT2D eigenvalue weighted by atomic mass is 32.2. The van der Waals surface area contributed by atoms with Crippen LogP contribution < -0.4 is 5.32 Å². The standard InChI is InChI=1S/C28H36N4O5S/c1-3-26(32-16-14-31(2)15-17-32)38(36,37)23-11-8-21(9-12-23)24(18-20-6-4-5-7-20)27(33)30-25-13-10-22(19-29-25)28(34)35/h3,8-13,19-20,24,26H,1,4-7,14-18H2,2H3,(H,34,35)(H,29,30,33). The lowest BCUT2D eigenvalue weighted by molar-refractivity contribution is -0.118. The van der Waals surface area contributed by atoms with Crippen LogP contribution in [-0.2, 0) is 14.6 Å². The molecule has 1 saturated heterocycles. The third-order valence-electron chi connectivity index (χ3n) is 7.65. The van der Waals surface area contributed by atoms with Gasteiger partial charge in [-0.15, -0.1) is 6.58 Å². The quantitative estimate of drug-likeness (QED) is 0.439. The Bertz CT molecular complexity index is 1230. The molecule has 2 aliphatic rings. The molecule has 204 valence electrons. The minimum absolute atomic E-state index is 0.0386. The predicted octanol–water partition coefficient (Wildman–Crippen LogP) is 3.62. The van der Waals surface area contributed by atoms with E-state index in [2.05, 4.69) is 21.8 Å². The fourth-order valence-corrected chi connectivity index (χ4v) is 7.01. The molecule has 2 atom stereocenters. The molecule has 1 amide bonds. The van der Waals surface area contributed by atoms with Crippen LogP contribution in [0.15, 0.2) is 60.1 Å². The first-order chi connectivity index (χ1) is 18.2. The predicted molar refractivity (Wildman–Crippen MR) is 146 cm³/mol. The van der Waals surface area contributed by atoms with Gasteiger partial charge < -0.3 is 15.3 Å². The summed E-state index contributed by atoms with van der Waals surface area (Å²) in [5.41, 5.74) is 0.780. The number of likely N-dealkylation sites (N-methyl/N-ethyl adjacent to an activating group) is 1. The number of amides is 1. The summed E-state index contributed by atoms with van der Waals surface area (Å²) in [5, 5.41) is 11.1. The number of sulfone groups is 1. The summed E-state index contributed by atoms with van der Waals surface area (Å²) in [4.78, 5) is 32.9. The molecule has 2 unspecified atom stereocenters. The average molecular weight is 541 g/mol. The SMILES string of the molecule is C=CC(N1CCN(C)CC1)S(=O)(=O)c1ccc(C(CC2CCCC2)C(=O)Nc2ccc(C(=O)O)cn2)cc1. The first-order valence-corrected chi connectivity index (χ1v) is 14.6. The summed E-state index contributed by atoms with van der Waals surface area (Å²) in [6, 6.07) is 9.51. The Morgan fingerprint density at radius 3 is 2.32 bits per heavy atom. The fraction of sp³-hybridized carbons (Fsp3) is 0.464. The largest absolute Gasteiger partial charge is 0.478 e. The minimum Gasteiger partial charge on any atom is -0.478 e. The van der Waals surface area contributed by atoms with Crippen molar-refractivity contribution >= 4 is 27.5 Å². The van der Waals surface area contributed by atoms with E-state index in [0.29, 0.717) is 25.4 Å². The van der Waals surface area contributed by atoms with Crippen LogP contribution in [0.4, 0.5) is 5.82 Å². The van der Waals surface area contributed by atoms with Gasteiger partial charge in [-0.2, -0.15) is 0 Å². The van der Waals surface area contributed by atoms with E-state index in [1.807, 2.05) is 11.9 Å². The zero-order valence-corrected chi connectivity index (χ0v) is 22.6. The summed E-state index contributed by atoms with van der Waals surface area (Å²) in [6.45, 7) is 6.69. The lowest BCUT2D eigenvalue weighted by Crippen LogP contribution is -2.50. The highest BCUT2D eigenvalue weighted by Gasteiger charge is 2.33. The summed E-state index contributed by atoms with van der Waals surface area (Å²) in [5.74, 6) is -1.13. The van der Waals surface area contributed by atoms with Crippen molar-refractivity contribution in [2.45, 2.75) is 48.3 Å². The summed E-state index contributed by atoms with van der Waals surface area (Å²) >= 11 is 0. The van der Waals surface area contributed by atoms with Crippen LogP contribution in [0, 0.1) is 5.92 Å². The van der Waals surface area contributed by atoms with Crippen LogP contribution in [0.5, 0.6) is 0 Å². The number of hydrogen-bond donors (Lipinski definition) is 2. The number of aromatic carboxylic acids is 1. The number of carboxylic acids is 1. The third-order valence-corrected chi connectivity index (χ3v) is 9.71. The summed E-state index contributed by atoms with van der Waals surface area (Å²) < 4.78 is 27.0. The summed E-state index contributed by atoms with van der Waals surface area (Å²) in [6.07, 6.45) is 7.77. The molecule has 0 bridgehead atoms. The second-order valence-electron chi connectivity index (χ2n) is 10.2. The second-order valence-corrected chi connectivity index (χ2v) is 12.3. The number of anilines is 1. The van der Waals surface area contributed by atoms with Crippen LogP contribution >= 0.6 is 0 Å². The van der Waals surface area contributed by atoms with E-state index < -0.39 is 27.1 Å². The number of nitrogens with one attached hydrogen (secondary N) is 1. The van der Waals surface area contributed by atoms with E-state index in [9.17, 15) is 18.0 Å². The first kappa shape index (κ1) is 27.9. The molecule has 2 aromatic rings. The van der Waals surface area contributed by atoms with Crippen molar-refractivity contribution in [3.05, 3.63) is 66.4 Å². The van der Waals surface area contributed by atoms with Crippen LogP contribution in [-0.4, -0.2) is 78.8 Å². The van der Waals surface area contributed by atoms with E-state index in [0.717, 1.165) is 44.3 Å². The summed E-state index contributed by atoms with van der Waals surface area (Å²) in [7, 11) is -1.66. The highest BCUT2D eigenvalue weighted by molar-refractivity contribution is 7.92. The van der Waals surface area contributed by atoms with E-state index >= 15 is 0 Å². The fourth-order valence-electron chi connectivity index (χ4n) is 5.36. The molecule has 1 saturated carbocycles. The van der Waals surface area contributed by atoms with E-state index in [1.54, 1.807) is 24.3 Å². The third kappa shape index (κ3) is 6.48. The molecule has 1 aliphatic heterocycles.